The zero-order chi connectivity index (χ0) is 13.8. The minimum Gasteiger partial charge on any atom is -0.488 e. The van der Waals surface area contributed by atoms with Gasteiger partial charge in [0.15, 0.2) is 0 Å². The van der Waals surface area contributed by atoms with Crippen molar-refractivity contribution in [3.05, 3.63) is 63.1 Å². The highest BCUT2D eigenvalue weighted by Gasteiger charge is 2.03. The van der Waals surface area contributed by atoms with Crippen molar-refractivity contribution >= 4 is 33.4 Å². The fraction of sp³-hybridized carbons (Fsp3) is 0.0714. The van der Waals surface area contributed by atoms with E-state index in [4.69, 9.17) is 22.1 Å². The van der Waals surface area contributed by atoms with E-state index in [1.54, 1.807) is 30.3 Å². The molecule has 0 aromatic heterocycles. The molecule has 0 atom stereocenters. The lowest BCUT2D eigenvalue weighted by Crippen LogP contribution is -2.10. The number of hydrogen-bond donors (Lipinski definition) is 1. The van der Waals surface area contributed by atoms with Crippen LogP contribution in [0.1, 0.15) is 15.9 Å². The molecule has 0 saturated carbocycles. The number of amides is 1. The van der Waals surface area contributed by atoms with Gasteiger partial charge < -0.3 is 10.5 Å². The quantitative estimate of drug-likeness (QED) is 0.921. The Hall–Kier alpha value is -1.52. The van der Waals surface area contributed by atoms with Gasteiger partial charge in [-0.1, -0.05) is 23.7 Å². The number of carbonyl (C=O) groups is 1. The summed E-state index contributed by atoms with van der Waals surface area (Å²) in [6.45, 7) is 0.402. The molecular weight excluding hydrogens is 330 g/mol. The lowest BCUT2D eigenvalue weighted by atomic mass is 10.1. The Morgan fingerprint density at radius 3 is 2.47 bits per heavy atom. The van der Waals surface area contributed by atoms with Crippen molar-refractivity contribution < 1.29 is 9.53 Å². The maximum atomic E-state index is 10.9. The molecule has 0 radical (unpaired) electrons. The summed E-state index contributed by atoms with van der Waals surface area (Å²) in [5.74, 6) is 0.274. The van der Waals surface area contributed by atoms with Crippen molar-refractivity contribution in [1.82, 2.24) is 0 Å². The number of carbonyl (C=O) groups excluding carboxylic acids is 1. The molecule has 5 heteroatoms. The topological polar surface area (TPSA) is 52.3 Å². The molecule has 0 saturated heterocycles. The molecule has 0 fully saturated rings. The van der Waals surface area contributed by atoms with E-state index >= 15 is 0 Å². The van der Waals surface area contributed by atoms with Gasteiger partial charge in [0.25, 0.3) is 0 Å². The Balaban J connectivity index is 2.04. The Kier molecular flexibility index (Phi) is 4.45. The van der Waals surface area contributed by atoms with Crippen LogP contribution in [0.15, 0.2) is 46.9 Å². The van der Waals surface area contributed by atoms with Gasteiger partial charge in [-0.15, -0.1) is 0 Å². The lowest BCUT2D eigenvalue weighted by molar-refractivity contribution is 0.1000. The maximum absolute atomic E-state index is 10.9. The Morgan fingerprint density at radius 1 is 1.21 bits per heavy atom. The lowest BCUT2D eigenvalue weighted by Gasteiger charge is -2.08. The van der Waals surface area contributed by atoms with E-state index in [-0.39, 0.29) is 0 Å². The summed E-state index contributed by atoms with van der Waals surface area (Å²) < 4.78 is 6.46. The molecule has 0 bridgehead atoms. The van der Waals surface area contributed by atoms with Crippen LogP contribution in [0.5, 0.6) is 5.75 Å². The van der Waals surface area contributed by atoms with E-state index in [9.17, 15) is 4.79 Å². The highest BCUT2D eigenvalue weighted by Crippen LogP contribution is 2.28. The van der Waals surface area contributed by atoms with Gasteiger partial charge >= 0.3 is 0 Å². The molecular formula is C14H11BrClNO2. The third-order valence-corrected chi connectivity index (χ3v) is 3.38. The van der Waals surface area contributed by atoms with Crippen molar-refractivity contribution in [1.29, 1.82) is 0 Å². The third kappa shape index (κ3) is 3.72. The first-order valence-corrected chi connectivity index (χ1v) is 6.70. The molecule has 2 aromatic rings. The van der Waals surface area contributed by atoms with Gasteiger partial charge in [0.1, 0.15) is 12.4 Å². The molecule has 2 N–H and O–H groups in total. The SMILES string of the molecule is NC(=O)c1ccc(COc2ccc(Cl)cc2Br)cc1. The predicted octanol–water partition coefficient (Wildman–Crippen LogP) is 3.78. The van der Waals surface area contributed by atoms with Gasteiger partial charge in [-0.3, -0.25) is 4.79 Å². The predicted molar refractivity (Wildman–Crippen MR) is 78.4 cm³/mol. The fourth-order valence-corrected chi connectivity index (χ4v) is 2.32. The number of rotatable bonds is 4. The molecule has 1 amide bonds. The van der Waals surface area contributed by atoms with Gasteiger partial charge in [0.05, 0.1) is 4.47 Å². The molecule has 0 aliphatic heterocycles. The van der Waals surface area contributed by atoms with Crippen LogP contribution in [0.25, 0.3) is 0 Å². The summed E-state index contributed by atoms with van der Waals surface area (Å²) in [4.78, 5) is 10.9. The molecule has 2 aromatic carbocycles. The third-order valence-electron chi connectivity index (χ3n) is 2.53. The largest absolute Gasteiger partial charge is 0.488 e. The van der Waals surface area contributed by atoms with Crippen LogP contribution in [0.4, 0.5) is 0 Å². The number of ether oxygens (including phenoxy) is 1. The highest BCUT2D eigenvalue weighted by atomic mass is 79.9. The summed E-state index contributed by atoms with van der Waals surface area (Å²) >= 11 is 9.23. The zero-order valence-electron chi connectivity index (χ0n) is 9.90. The summed E-state index contributed by atoms with van der Waals surface area (Å²) in [6, 6.07) is 12.3. The molecule has 3 nitrogen and oxygen atoms in total. The van der Waals surface area contributed by atoms with Crippen molar-refractivity contribution in [3.8, 4) is 5.75 Å². The van der Waals surface area contributed by atoms with Gasteiger partial charge in [0, 0.05) is 10.6 Å². The summed E-state index contributed by atoms with van der Waals surface area (Å²) in [7, 11) is 0. The molecule has 0 spiro atoms. The number of halogens is 2. The molecule has 0 heterocycles. The molecule has 0 unspecified atom stereocenters. The van der Waals surface area contributed by atoms with Crippen LogP contribution in [0.2, 0.25) is 5.02 Å². The average Bonchev–Trinajstić information content (AvgIpc) is 2.38. The van der Waals surface area contributed by atoms with E-state index in [1.165, 1.54) is 0 Å². The summed E-state index contributed by atoms with van der Waals surface area (Å²) in [6.07, 6.45) is 0. The van der Waals surface area contributed by atoms with Crippen molar-refractivity contribution in [2.45, 2.75) is 6.61 Å². The average molecular weight is 341 g/mol. The number of hydrogen-bond acceptors (Lipinski definition) is 2. The monoisotopic (exact) mass is 339 g/mol. The Bertz CT molecular complexity index is 599. The molecule has 19 heavy (non-hydrogen) atoms. The van der Waals surface area contributed by atoms with Gasteiger partial charge in [0.2, 0.25) is 5.91 Å². The number of primary amides is 1. The smallest absolute Gasteiger partial charge is 0.248 e. The molecule has 0 aliphatic carbocycles. The highest BCUT2D eigenvalue weighted by molar-refractivity contribution is 9.10. The van der Waals surface area contributed by atoms with E-state index in [0.29, 0.717) is 22.9 Å². The second kappa shape index (κ2) is 6.08. The molecule has 2 rings (SSSR count). The molecule has 0 aliphatic rings. The van der Waals surface area contributed by atoms with Crippen LogP contribution >= 0.6 is 27.5 Å². The first-order valence-electron chi connectivity index (χ1n) is 5.53. The van der Waals surface area contributed by atoms with Gasteiger partial charge in [-0.2, -0.15) is 0 Å². The van der Waals surface area contributed by atoms with E-state index in [1.807, 2.05) is 12.1 Å². The van der Waals surface area contributed by atoms with Gasteiger partial charge in [-0.25, -0.2) is 0 Å². The second-order valence-corrected chi connectivity index (χ2v) is 5.22. The first-order chi connectivity index (χ1) is 9.06. The number of benzene rings is 2. The second-order valence-electron chi connectivity index (χ2n) is 3.92. The fourth-order valence-electron chi connectivity index (χ4n) is 1.52. The Labute approximate surface area is 124 Å². The standard InChI is InChI=1S/C14H11BrClNO2/c15-12-7-11(16)5-6-13(12)19-8-9-1-3-10(4-2-9)14(17)18/h1-7H,8H2,(H2,17,18). The maximum Gasteiger partial charge on any atom is 0.248 e. The van der Waals surface area contributed by atoms with Crippen molar-refractivity contribution in [3.63, 3.8) is 0 Å². The van der Waals surface area contributed by atoms with Crippen LogP contribution in [-0.2, 0) is 6.61 Å². The number of nitrogens with two attached hydrogens (primary N) is 1. The van der Waals surface area contributed by atoms with Gasteiger partial charge in [-0.05, 0) is 51.8 Å². The first kappa shape index (κ1) is 13.9. The van der Waals surface area contributed by atoms with Crippen LogP contribution < -0.4 is 10.5 Å². The van der Waals surface area contributed by atoms with Crippen molar-refractivity contribution in [2.75, 3.05) is 0 Å². The normalized spacial score (nSPS) is 10.2. The minimum atomic E-state index is -0.437. The minimum absolute atomic E-state index is 0.402. The van der Waals surface area contributed by atoms with E-state index in [0.717, 1.165) is 10.0 Å². The summed E-state index contributed by atoms with van der Waals surface area (Å²) in [5, 5.41) is 0.644. The van der Waals surface area contributed by atoms with Crippen molar-refractivity contribution in [2.24, 2.45) is 5.73 Å². The summed E-state index contributed by atoms with van der Waals surface area (Å²) in [5.41, 5.74) is 6.61. The van der Waals surface area contributed by atoms with Crippen LogP contribution in [0.3, 0.4) is 0 Å². The molecule has 98 valence electrons. The zero-order valence-corrected chi connectivity index (χ0v) is 12.2. The Morgan fingerprint density at radius 2 is 1.89 bits per heavy atom. The van der Waals surface area contributed by atoms with Crippen LogP contribution in [0, 0.1) is 0 Å². The van der Waals surface area contributed by atoms with E-state index in [2.05, 4.69) is 15.9 Å². The van der Waals surface area contributed by atoms with Crippen LogP contribution in [-0.4, -0.2) is 5.91 Å². The van der Waals surface area contributed by atoms with E-state index < -0.39 is 5.91 Å².